The molecule has 0 aliphatic heterocycles. The third-order valence-electron chi connectivity index (χ3n) is 2.69. The lowest BCUT2D eigenvalue weighted by Crippen LogP contribution is -2.26. The fourth-order valence-corrected chi connectivity index (χ4v) is 3.09. The lowest BCUT2D eigenvalue weighted by Gasteiger charge is -2.13. The van der Waals surface area contributed by atoms with Crippen molar-refractivity contribution in [3.63, 3.8) is 0 Å². The fourth-order valence-electron chi connectivity index (χ4n) is 1.65. The van der Waals surface area contributed by atoms with Gasteiger partial charge in [-0.2, -0.15) is 0 Å². The zero-order valence-electron chi connectivity index (χ0n) is 10.5. The van der Waals surface area contributed by atoms with Gasteiger partial charge in [-0.25, -0.2) is 13.1 Å². The van der Waals surface area contributed by atoms with Gasteiger partial charge in [-0.1, -0.05) is 28.1 Å². The van der Waals surface area contributed by atoms with Crippen LogP contribution < -0.4 is 4.72 Å². The van der Waals surface area contributed by atoms with E-state index in [9.17, 15) is 13.2 Å². The molecule has 7 heteroatoms. The summed E-state index contributed by atoms with van der Waals surface area (Å²) in [6, 6.07) is 9.44. The Labute approximate surface area is 125 Å². The molecule has 1 atom stereocenters. The van der Waals surface area contributed by atoms with E-state index in [1.165, 1.54) is 12.1 Å². The van der Waals surface area contributed by atoms with E-state index in [-0.39, 0.29) is 10.9 Å². The Bertz CT molecular complexity index is 706. The van der Waals surface area contributed by atoms with Crippen LogP contribution in [0.25, 0.3) is 0 Å². The van der Waals surface area contributed by atoms with Crippen molar-refractivity contribution in [1.82, 2.24) is 4.72 Å². The van der Waals surface area contributed by atoms with Crippen molar-refractivity contribution in [2.75, 3.05) is 0 Å². The molecule has 1 heterocycles. The zero-order valence-corrected chi connectivity index (χ0v) is 12.9. The molecule has 2 rings (SSSR count). The highest BCUT2D eigenvalue weighted by Gasteiger charge is 2.21. The van der Waals surface area contributed by atoms with Crippen LogP contribution in [0.5, 0.6) is 0 Å². The van der Waals surface area contributed by atoms with Crippen molar-refractivity contribution in [3.05, 3.63) is 52.2 Å². The molecule has 0 saturated heterocycles. The topological polar surface area (TPSA) is 76.4 Å². The molecule has 1 N–H and O–H groups in total. The molecule has 2 aromatic rings. The molecule has 0 spiro atoms. The second-order valence-electron chi connectivity index (χ2n) is 4.17. The minimum atomic E-state index is -3.79. The van der Waals surface area contributed by atoms with Gasteiger partial charge in [0.15, 0.2) is 12.0 Å². The summed E-state index contributed by atoms with van der Waals surface area (Å²) in [5.74, 6) is -0.0262. The van der Waals surface area contributed by atoms with Crippen LogP contribution in [0.4, 0.5) is 0 Å². The first-order valence-electron chi connectivity index (χ1n) is 5.75. The first-order valence-corrected chi connectivity index (χ1v) is 8.03. The van der Waals surface area contributed by atoms with Crippen molar-refractivity contribution >= 4 is 32.2 Å². The highest BCUT2D eigenvalue weighted by Crippen LogP contribution is 2.20. The molecule has 1 aromatic heterocycles. The second-order valence-corrected chi connectivity index (χ2v) is 6.73. The van der Waals surface area contributed by atoms with Crippen LogP contribution in [0.1, 0.15) is 29.1 Å². The summed E-state index contributed by atoms with van der Waals surface area (Å²) >= 11 is 3.32. The Morgan fingerprint density at radius 1 is 1.20 bits per heavy atom. The van der Waals surface area contributed by atoms with Gasteiger partial charge >= 0.3 is 0 Å². The summed E-state index contributed by atoms with van der Waals surface area (Å²) in [5.41, 5.74) is 0.818. The van der Waals surface area contributed by atoms with Gasteiger partial charge in [-0.3, -0.25) is 4.79 Å². The number of benzene rings is 1. The third kappa shape index (κ3) is 3.36. The van der Waals surface area contributed by atoms with Crippen LogP contribution in [0.15, 0.2) is 50.4 Å². The maximum absolute atomic E-state index is 12.1. The molecule has 1 unspecified atom stereocenters. The number of furan rings is 1. The summed E-state index contributed by atoms with van der Waals surface area (Å²) < 4.78 is 32.5. The van der Waals surface area contributed by atoms with Crippen molar-refractivity contribution in [2.24, 2.45) is 0 Å². The quantitative estimate of drug-likeness (QED) is 0.834. The molecule has 0 radical (unpaired) electrons. The molecule has 20 heavy (non-hydrogen) atoms. The van der Waals surface area contributed by atoms with E-state index in [2.05, 4.69) is 20.7 Å². The number of carbonyl (C=O) groups is 1. The SMILES string of the molecule is CC(NS(=O)(=O)c1ccc(C=O)o1)c1ccc(Br)cc1. The van der Waals surface area contributed by atoms with Gasteiger partial charge in [0.2, 0.25) is 5.09 Å². The van der Waals surface area contributed by atoms with E-state index < -0.39 is 16.1 Å². The lowest BCUT2D eigenvalue weighted by atomic mass is 10.1. The Morgan fingerprint density at radius 2 is 1.85 bits per heavy atom. The van der Waals surface area contributed by atoms with Gasteiger partial charge in [-0.15, -0.1) is 0 Å². The number of rotatable bonds is 5. The average molecular weight is 358 g/mol. The van der Waals surface area contributed by atoms with Crippen molar-refractivity contribution < 1.29 is 17.6 Å². The molecular weight excluding hydrogens is 346 g/mol. The minimum Gasteiger partial charge on any atom is -0.440 e. The molecule has 0 saturated carbocycles. The number of aldehydes is 1. The van der Waals surface area contributed by atoms with E-state index in [1.807, 2.05) is 24.3 Å². The number of halogens is 1. The summed E-state index contributed by atoms with van der Waals surface area (Å²) in [7, 11) is -3.79. The smallest absolute Gasteiger partial charge is 0.274 e. The Balaban J connectivity index is 2.19. The van der Waals surface area contributed by atoms with Gasteiger partial charge in [0.1, 0.15) is 0 Å². The van der Waals surface area contributed by atoms with Gasteiger partial charge < -0.3 is 4.42 Å². The van der Waals surface area contributed by atoms with Gasteiger partial charge in [0.05, 0.1) is 0 Å². The molecule has 0 amide bonds. The Hall–Kier alpha value is -1.44. The largest absolute Gasteiger partial charge is 0.440 e. The number of sulfonamides is 1. The molecule has 0 bridgehead atoms. The maximum Gasteiger partial charge on any atom is 0.274 e. The molecule has 0 aliphatic carbocycles. The van der Waals surface area contributed by atoms with Gasteiger partial charge in [0.25, 0.3) is 10.0 Å². The minimum absolute atomic E-state index is 0.0262. The van der Waals surface area contributed by atoms with Crippen LogP contribution >= 0.6 is 15.9 Å². The monoisotopic (exact) mass is 357 g/mol. The molecular formula is C13H12BrNO4S. The Morgan fingerprint density at radius 3 is 2.40 bits per heavy atom. The third-order valence-corrected chi connectivity index (χ3v) is 4.63. The van der Waals surface area contributed by atoms with Crippen LogP contribution in [-0.4, -0.2) is 14.7 Å². The van der Waals surface area contributed by atoms with Crippen LogP contribution in [0.2, 0.25) is 0 Å². The summed E-state index contributed by atoms with van der Waals surface area (Å²) in [4.78, 5) is 10.5. The zero-order chi connectivity index (χ0) is 14.8. The molecule has 1 aromatic carbocycles. The number of carbonyl (C=O) groups excluding carboxylic acids is 1. The lowest BCUT2D eigenvalue weighted by molar-refractivity contribution is 0.109. The van der Waals surface area contributed by atoms with Gasteiger partial charge in [-0.05, 0) is 36.8 Å². The first kappa shape index (κ1) is 15.0. The highest BCUT2D eigenvalue weighted by atomic mass is 79.9. The number of hydrogen-bond donors (Lipinski definition) is 1. The predicted octanol–water partition coefficient (Wildman–Crippen LogP) is 2.89. The molecule has 5 nitrogen and oxygen atoms in total. The molecule has 0 aliphatic rings. The maximum atomic E-state index is 12.1. The first-order chi connectivity index (χ1) is 9.42. The van der Waals surface area contributed by atoms with Crippen LogP contribution in [0, 0.1) is 0 Å². The summed E-state index contributed by atoms with van der Waals surface area (Å²) in [5, 5.41) is -0.274. The number of hydrogen-bond acceptors (Lipinski definition) is 4. The van der Waals surface area contributed by atoms with Crippen LogP contribution in [-0.2, 0) is 10.0 Å². The summed E-state index contributed by atoms with van der Waals surface area (Å²) in [6.07, 6.45) is 0.456. The predicted molar refractivity (Wildman–Crippen MR) is 77.0 cm³/mol. The van der Waals surface area contributed by atoms with E-state index in [4.69, 9.17) is 4.42 Å². The van der Waals surface area contributed by atoms with E-state index >= 15 is 0 Å². The van der Waals surface area contributed by atoms with E-state index in [1.54, 1.807) is 6.92 Å². The molecule has 0 fully saturated rings. The number of nitrogens with one attached hydrogen (secondary N) is 1. The summed E-state index contributed by atoms with van der Waals surface area (Å²) in [6.45, 7) is 1.73. The highest BCUT2D eigenvalue weighted by molar-refractivity contribution is 9.10. The van der Waals surface area contributed by atoms with Gasteiger partial charge in [0, 0.05) is 10.5 Å². The van der Waals surface area contributed by atoms with E-state index in [0.717, 1.165) is 10.0 Å². The average Bonchev–Trinajstić information content (AvgIpc) is 2.88. The van der Waals surface area contributed by atoms with Crippen molar-refractivity contribution in [3.8, 4) is 0 Å². The van der Waals surface area contributed by atoms with Crippen molar-refractivity contribution in [1.29, 1.82) is 0 Å². The molecule has 106 valence electrons. The normalized spacial score (nSPS) is 13.1. The second kappa shape index (κ2) is 5.90. The van der Waals surface area contributed by atoms with Crippen LogP contribution in [0.3, 0.4) is 0 Å². The van der Waals surface area contributed by atoms with E-state index in [0.29, 0.717) is 6.29 Å². The van der Waals surface area contributed by atoms with Crippen molar-refractivity contribution in [2.45, 2.75) is 18.1 Å². The Kier molecular flexibility index (Phi) is 4.42. The fraction of sp³-hybridized carbons (Fsp3) is 0.154. The standard InChI is InChI=1S/C13H12BrNO4S/c1-9(10-2-4-11(14)5-3-10)15-20(17,18)13-7-6-12(8-16)19-13/h2-9,15H,1H3.